The van der Waals surface area contributed by atoms with Gasteiger partial charge < -0.3 is 29.9 Å². The molecule has 0 spiro atoms. The number of halogens is 2. The normalized spacial score (nSPS) is 14.2. The summed E-state index contributed by atoms with van der Waals surface area (Å²) in [5.41, 5.74) is 2.71. The number of carbonyl (C=O) groups excluding carboxylic acids is 1. The van der Waals surface area contributed by atoms with Gasteiger partial charge in [0.05, 0.1) is 51.2 Å². The number of hydrogen-bond acceptors (Lipinski definition) is 6. The van der Waals surface area contributed by atoms with Crippen molar-refractivity contribution in [3.63, 3.8) is 0 Å². The average Bonchev–Trinajstić information content (AvgIpc) is 3.14. The first-order valence-electron chi connectivity index (χ1n) is 11.6. The fraction of sp³-hybridized carbons (Fsp3) is 0.400. The summed E-state index contributed by atoms with van der Waals surface area (Å²) in [5.74, 6) is -0.668. The maximum Gasteiger partial charge on any atom is 0.337 e. The number of aromatic carboxylic acids is 1. The van der Waals surface area contributed by atoms with Gasteiger partial charge in [-0.2, -0.15) is 0 Å². The Kier molecular flexibility index (Phi) is 7.36. The van der Waals surface area contributed by atoms with Gasteiger partial charge in [0.2, 0.25) is 11.9 Å². The number of carbonyl (C=O) groups is 2. The molecular weight excluding hydrogens is 505 g/mol. The van der Waals surface area contributed by atoms with Crippen molar-refractivity contribution in [2.75, 3.05) is 36.5 Å². The number of imidazole rings is 1. The summed E-state index contributed by atoms with van der Waals surface area (Å²) in [6, 6.07) is 6.89. The van der Waals surface area contributed by atoms with Gasteiger partial charge in [0.25, 0.3) is 0 Å². The summed E-state index contributed by atoms with van der Waals surface area (Å²) < 4.78 is 7.24. The van der Waals surface area contributed by atoms with Gasteiger partial charge in [-0.1, -0.05) is 50.0 Å². The largest absolute Gasteiger partial charge is 0.478 e. The molecule has 11 heteroatoms. The minimum atomic E-state index is -1.02. The molecule has 0 bridgehead atoms. The summed E-state index contributed by atoms with van der Waals surface area (Å²) in [7, 11) is 1.83. The van der Waals surface area contributed by atoms with Crippen LogP contribution in [0.3, 0.4) is 0 Å². The molecule has 0 aliphatic carbocycles. The smallest absolute Gasteiger partial charge is 0.337 e. The number of benzene rings is 2. The van der Waals surface area contributed by atoms with Gasteiger partial charge in [-0.05, 0) is 23.8 Å². The molecule has 9 nitrogen and oxygen atoms in total. The summed E-state index contributed by atoms with van der Waals surface area (Å²) in [6.07, 6.45) is 0. The number of morpholine rings is 1. The molecule has 1 saturated heterocycles. The number of aryl methyl sites for hydroxylation is 1. The summed E-state index contributed by atoms with van der Waals surface area (Å²) in [6.45, 7) is 8.06. The molecule has 0 atom stereocenters. The predicted octanol–water partition coefficient (Wildman–Crippen LogP) is 4.82. The maximum atomic E-state index is 12.3. The molecule has 3 N–H and O–H groups in total. The molecule has 2 heterocycles. The Balaban J connectivity index is 1.68. The average molecular weight is 534 g/mol. The number of carboxylic acids is 1. The molecule has 1 aliphatic rings. The number of hydrogen-bond donors (Lipinski definition) is 3. The van der Waals surface area contributed by atoms with E-state index in [1.807, 2.05) is 43.4 Å². The van der Waals surface area contributed by atoms with Crippen molar-refractivity contribution in [3.05, 3.63) is 45.4 Å². The number of aromatic nitrogens is 2. The molecule has 1 fully saturated rings. The summed E-state index contributed by atoms with van der Waals surface area (Å²) >= 11 is 13.1. The number of rotatable bonds is 6. The van der Waals surface area contributed by atoms with Crippen molar-refractivity contribution < 1.29 is 19.4 Å². The van der Waals surface area contributed by atoms with Crippen LogP contribution >= 0.6 is 23.2 Å². The highest BCUT2D eigenvalue weighted by Gasteiger charge is 2.24. The van der Waals surface area contributed by atoms with Crippen molar-refractivity contribution in [2.45, 2.75) is 27.3 Å². The van der Waals surface area contributed by atoms with Crippen molar-refractivity contribution in [1.29, 1.82) is 0 Å². The van der Waals surface area contributed by atoms with E-state index in [0.29, 0.717) is 64.8 Å². The molecule has 3 aromatic rings. The van der Waals surface area contributed by atoms with Gasteiger partial charge in [-0.3, -0.25) is 4.79 Å². The number of nitrogens with zero attached hydrogens (tertiary/aromatic N) is 3. The molecule has 1 aliphatic heterocycles. The molecule has 2 aromatic carbocycles. The van der Waals surface area contributed by atoms with Crippen LogP contribution in [0.25, 0.3) is 11.0 Å². The minimum absolute atomic E-state index is 0.0938. The summed E-state index contributed by atoms with van der Waals surface area (Å²) in [5, 5.41) is 16.7. The first-order valence-corrected chi connectivity index (χ1v) is 12.3. The van der Waals surface area contributed by atoms with Crippen LogP contribution in [-0.4, -0.2) is 52.8 Å². The molecular formula is C25H29Cl2N5O4. The maximum absolute atomic E-state index is 12.3. The third-order valence-electron chi connectivity index (χ3n) is 6.11. The van der Waals surface area contributed by atoms with Crippen LogP contribution in [0, 0.1) is 5.41 Å². The quantitative estimate of drug-likeness (QED) is 0.416. The zero-order valence-electron chi connectivity index (χ0n) is 20.6. The van der Waals surface area contributed by atoms with Crippen molar-refractivity contribution in [2.24, 2.45) is 12.5 Å². The van der Waals surface area contributed by atoms with Crippen LogP contribution in [0.4, 0.5) is 17.3 Å². The Morgan fingerprint density at radius 1 is 1.17 bits per heavy atom. The van der Waals surface area contributed by atoms with Gasteiger partial charge in [0.15, 0.2) is 0 Å². The standard InChI is InChI=1S/C25H29Cl2N5O4/c1-25(2,3)23(35)28-13-14-5-6-16(26)21(20(14)27)30-24-29-17-11-15(22(33)34)18(12-19(17)31(24)4)32-7-9-36-10-8-32/h5-6,11-12H,7-10,13H2,1-4H3,(H,28,35)(H,29,30)(H,33,34). The molecule has 1 aromatic heterocycles. The van der Waals surface area contributed by atoms with Crippen LogP contribution in [-0.2, 0) is 23.1 Å². The second-order valence-corrected chi connectivity index (χ2v) is 10.5. The molecule has 0 saturated carbocycles. The summed E-state index contributed by atoms with van der Waals surface area (Å²) in [4.78, 5) is 30.9. The topological polar surface area (TPSA) is 109 Å². The zero-order valence-corrected chi connectivity index (χ0v) is 22.1. The van der Waals surface area contributed by atoms with Gasteiger partial charge in [0.1, 0.15) is 0 Å². The van der Waals surface area contributed by atoms with E-state index in [2.05, 4.69) is 15.6 Å². The second-order valence-electron chi connectivity index (χ2n) is 9.71. The van der Waals surface area contributed by atoms with Gasteiger partial charge in [-0.15, -0.1) is 0 Å². The highest BCUT2D eigenvalue weighted by molar-refractivity contribution is 6.39. The van der Waals surface area contributed by atoms with Crippen LogP contribution in [0.15, 0.2) is 24.3 Å². The van der Waals surface area contributed by atoms with Gasteiger partial charge in [0, 0.05) is 32.1 Å². The van der Waals surface area contributed by atoms with Crippen LogP contribution in [0.5, 0.6) is 0 Å². The highest BCUT2D eigenvalue weighted by Crippen LogP contribution is 2.37. The lowest BCUT2D eigenvalue weighted by molar-refractivity contribution is -0.128. The third kappa shape index (κ3) is 5.23. The Labute approximate surface area is 219 Å². The first kappa shape index (κ1) is 26.1. The Morgan fingerprint density at radius 3 is 2.50 bits per heavy atom. The predicted molar refractivity (Wildman–Crippen MR) is 142 cm³/mol. The molecule has 4 rings (SSSR count). The fourth-order valence-electron chi connectivity index (χ4n) is 3.98. The Hall–Kier alpha value is -3.01. The van der Waals surface area contributed by atoms with Crippen molar-refractivity contribution in [1.82, 2.24) is 14.9 Å². The van der Waals surface area contributed by atoms with E-state index in [1.54, 1.807) is 18.2 Å². The number of nitrogens with one attached hydrogen (secondary N) is 2. The number of carboxylic acid groups (broad SMARTS) is 1. The molecule has 0 radical (unpaired) electrons. The lowest BCUT2D eigenvalue weighted by atomic mass is 9.95. The van der Waals surface area contributed by atoms with Gasteiger partial charge in [-0.25, -0.2) is 9.78 Å². The lowest BCUT2D eigenvalue weighted by Gasteiger charge is -2.30. The van der Waals surface area contributed by atoms with Crippen LogP contribution < -0.4 is 15.5 Å². The number of anilines is 3. The third-order valence-corrected chi connectivity index (χ3v) is 6.86. The number of ether oxygens (including phenoxy) is 1. The lowest BCUT2D eigenvalue weighted by Crippen LogP contribution is -2.37. The van der Waals surface area contributed by atoms with Crippen LogP contribution in [0.1, 0.15) is 36.7 Å². The van der Waals surface area contributed by atoms with Crippen molar-refractivity contribution >= 4 is 63.4 Å². The van der Waals surface area contributed by atoms with Crippen LogP contribution in [0.2, 0.25) is 10.0 Å². The number of fused-ring (bicyclic) bond motifs is 1. The van der Waals surface area contributed by atoms with E-state index < -0.39 is 11.4 Å². The monoisotopic (exact) mass is 533 g/mol. The molecule has 36 heavy (non-hydrogen) atoms. The minimum Gasteiger partial charge on any atom is -0.478 e. The van der Waals surface area contributed by atoms with E-state index in [0.717, 1.165) is 5.52 Å². The molecule has 0 unspecified atom stereocenters. The fourth-order valence-corrected chi connectivity index (χ4v) is 4.51. The highest BCUT2D eigenvalue weighted by atomic mass is 35.5. The molecule has 1 amide bonds. The Morgan fingerprint density at radius 2 is 1.86 bits per heavy atom. The SMILES string of the molecule is Cn1c(Nc2c(Cl)ccc(CNC(=O)C(C)(C)C)c2Cl)nc2cc(C(=O)O)c(N3CCOCC3)cc21. The van der Waals surface area contributed by atoms with E-state index >= 15 is 0 Å². The van der Waals surface area contributed by atoms with E-state index in [9.17, 15) is 14.7 Å². The first-order chi connectivity index (χ1) is 17.0. The second kappa shape index (κ2) is 10.2. The Bertz CT molecular complexity index is 1330. The van der Waals surface area contributed by atoms with Gasteiger partial charge >= 0.3 is 5.97 Å². The zero-order chi connectivity index (χ0) is 26.2. The van der Waals surface area contributed by atoms with E-state index in [1.165, 1.54) is 0 Å². The number of amides is 1. The van der Waals surface area contributed by atoms with E-state index in [-0.39, 0.29) is 18.0 Å². The van der Waals surface area contributed by atoms with Crippen molar-refractivity contribution in [3.8, 4) is 0 Å². The van der Waals surface area contributed by atoms with E-state index in [4.69, 9.17) is 27.9 Å². The molecule has 192 valence electrons.